The molecule has 0 saturated carbocycles. The molecule has 1 aliphatic heterocycles. The molecule has 9 heteroatoms. The molecular formula is C20H12ClN3O5. The largest absolute Gasteiger partial charge is 0.324 e. The number of carbonyl (C=O) groups excluding carboxylic acids is 3. The molecule has 3 aromatic rings. The fourth-order valence-electron chi connectivity index (χ4n) is 3.30. The summed E-state index contributed by atoms with van der Waals surface area (Å²) in [5.41, 5.74) is 0.445. The molecule has 8 nitrogen and oxygen atoms in total. The number of nitrogens with zero attached hydrogens (tertiary/aromatic N) is 2. The highest BCUT2D eigenvalue weighted by Gasteiger charge is 2.33. The monoisotopic (exact) mass is 409 g/mol. The van der Waals surface area contributed by atoms with Gasteiger partial charge in [0, 0.05) is 28.3 Å². The van der Waals surface area contributed by atoms with Crippen LogP contribution in [0.1, 0.15) is 20.7 Å². The number of rotatable bonds is 4. The van der Waals surface area contributed by atoms with Crippen molar-refractivity contribution in [2.45, 2.75) is 0 Å². The lowest BCUT2D eigenvalue weighted by Gasteiger charge is -2.26. The third-order valence-electron chi connectivity index (χ3n) is 4.58. The van der Waals surface area contributed by atoms with E-state index in [0.717, 1.165) is 16.4 Å². The maximum atomic E-state index is 12.8. The average molecular weight is 410 g/mol. The number of imide groups is 1. The molecule has 3 aromatic carbocycles. The topological polar surface area (TPSA) is 110 Å². The predicted molar refractivity (Wildman–Crippen MR) is 106 cm³/mol. The first-order chi connectivity index (χ1) is 13.9. The van der Waals surface area contributed by atoms with Crippen molar-refractivity contribution in [3.8, 4) is 0 Å². The summed E-state index contributed by atoms with van der Waals surface area (Å²) in [5.74, 6) is -1.82. The van der Waals surface area contributed by atoms with Gasteiger partial charge in [0.15, 0.2) is 0 Å². The number of amides is 3. The molecule has 1 aliphatic rings. The Labute approximate surface area is 168 Å². The molecular weight excluding hydrogens is 398 g/mol. The summed E-state index contributed by atoms with van der Waals surface area (Å²) in [7, 11) is 0. The van der Waals surface area contributed by atoms with Crippen LogP contribution >= 0.6 is 11.6 Å². The summed E-state index contributed by atoms with van der Waals surface area (Å²) in [5, 5.41) is 14.7. The second-order valence-corrected chi connectivity index (χ2v) is 6.78. The Morgan fingerprint density at radius 2 is 1.66 bits per heavy atom. The molecule has 0 bridgehead atoms. The van der Waals surface area contributed by atoms with Gasteiger partial charge in [0.25, 0.3) is 17.5 Å². The van der Waals surface area contributed by atoms with Gasteiger partial charge in [-0.3, -0.25) is 29.4 Å². The molecule has 0 unspecified atom stereocenters. The zero-order valence-electron chi connectivity index (χ0n) is 14.7. The Balaban J connectivity index is 1.60. The van der Waals surface area contributed by atoms with Crippen LogP contribution in [0.3, 0.4) is 0 Å². The van der Waals surface area contributed by atoms with Crippen LogP contribution < -0.4 is 5.32 Å². The van der Waals surface area contributed by atoms with Gasteiger partial charge < -0.3 is 5.32 Å². The van der Waals surface area contributed by atoms with Crippen LogP contribution in [0, 0.1) is 10.1 Å². The van der Waals surface area contributed by atoms with Crippen LogP contribution in [-0.4, -0.2) is 34.1 Å². The van der Waals surface area contributed by atoms with Crippen molar-refractivity contribution < 1.29 is 19.3 Å². The standard InChI is InChI=1S/C20H12ClN3O5/c21-15-8-7-12(9-16(15)24(28)29)22-17(25)10-23-19(26)13-5-1-3-11-4-2-6-14(18(11)13)20(23)27/h1-9H,10H2,(H,22,25). The van der Waals surface area contributed by atoms with E-state index < -0.39 is 29.2 Å². The maximum Gasteiger partial charge on any atom is 0.289 e. The summed E-state index contributed by atoms with van der Waals surface area (Å²) >= 11 is 5.76. The molecule has 144 valence electrons. The zero-order chi connectivity index (χ0) is 20.7. The van der Waals surface area contributed by atoms with Crippen molar-refractivity contribution in [1.82, 2.24) is 4.90 Å². The van der Waals surface area contributed by atoms with E-state index in [-0.39, 0.29) is 16.4 Å². The molecule has 0 fully saturated rings. The van der Waals surface area contributed by atoms with Gasteiger partial charge in [0.05, 0.1) is 4.92 Å². The molecule has 0 atom stereocenters. The van der Waals surface area contributed by atoms with Gasteiger partial charge in [0.2, 0.25) is 5.91 Å². The number of benzene rings is 3. The summed E-state index contributed by atoms with van der Waals surface area (Å²) in [6, 6.07) is 14.0. The molecule has 3 amide bonds. The van der Waals surface area contributed by atoms with Crippen molar-refractivity contribution in [1.29, 1.82) is 0 Å². The van der Waals surface area contributed by atoms with E-state index in [1.807, 2.05) is 0 Å². The lowest BCUT2D eigenvalue weighted by molar-refractivity contribution is -0.384. The van der Waals surface area contributed by atoms with Crippen molar-refractivity contribution in [2.75, 3.05) is 11.9 Å². The molecule has 1 N–H and O–H groups in total. The molecule has 0 saturated heterocycles. The van der Waals surface area contributed by atoms with Crippen LogP contribution in [0.2, 0.25) is 5.02 Å². The van der Waals surface area contributed by atoms with Crippen molar-refractivity contribution in [2.24, 2.45) is 0 Å². The van der Waals surface area contributed by atoms with E-state index in [9.17, 15) is 24.5 Å². The Morgan fingerprint density at radius 3 is 2.24 bits per heavy atom. The number of nitrogens with one attached hydrogen (secondary N) is 1. The number of nitro benzene ring substituents is 1. The SMILES string of the molecule is O=C(CN1C(=O)c2cccc3cccc(c23)C1=O)Nc1ccc(Cl)c([N+](=O)[O-])c1. The van der Waals surface area contributed by atoms with Crippen LogP contribution in [0.25, 0.3) is 10.8 Å². The number of halogens is 1. The van der Waals surface area contributed by atoms with Gasteiger partial charge in [-0.2, -0.15) is 0 Å². The maximum absolute atomic E-state index is 12.8. The molecule has 0 radical (unpaired) electrons. The lowest BCUT2D eigenvalue weighted by Crippen LogP contribution is -2.44. The third-order valence-corrected chi connectivity index (χ3v) is 4.90. The van der Waals surface area contributed by atoms with Crippen molar-refractivity contribution >= 4 is 51.5 Å². The Kier molecular flexibility index (Phi) is 4.48. The lowest BCUT2D eigenvalue weighted by atomic mass is 9.94. The van der Waals surface area contributed by atoms with E-state index in [1.54, 1.807) is 36.4 Å². The van der Waals surface area contributed by atoms with E-state index in [0.29, 0.717) is 16.5 Å². The highest BCUT2D eigenvalue weighted by atomic mass is 35.5. The van der Waals surface area contributed by atoms with Crippen LogP contribution in [0.4, 0.5) is 11.4 Å². The highest BCUT2D eigenvalue weighted by Crippen LogP contribution is 2.30. The minimum Gasteiger partial charge on any atom is -0.324 e. The first-order valence-corrected chi connectivity index (χ1v) is 8.86. The molecule has 0 aliphatic carbocycles. The average Bonchev–Trinajstić information content (AvgIpc) is 2.70. The normalized spacial score (nSPS) is 12.9. The van der Waals surface area contributed by atoms with E-state index in [4.69, 9.17) is 11.6 Å². The summed E-state index contributed by atoms with van der Waals surface area (Å²) in [6.07, 6.45) is 0. The van der Waals surface area contributed by atoms with Crippen LogP contribution in [0.15, 0.2) is 54.6 Å². The zero-order valence-corrected chi connectivity index (χ0v) is 15.5. The fourth-order valence-corrected chi connectivity index (χ4v) is 3.49. The van der Waals surface area contributed by atoms with Crippen LogP contribution in [0.5, 0.6) is 0 Å². The Bertz CT molecular complexity index is 1170. The van der Waals surface area contributed by atoms with Crippen molar-refractivity contribution in [3.63, 3.8) is 0 Å². The first kappa shape index (κ1) is 18.6. The number of hydrogen-bond donors (Lipinski definition) is 1. The second kappa shape index (κ2) is 6.99. The van der Waals surface area contributed by atoms with Gasteiger partial charge in [0.1, 0.15) is 11.6 Å². The van der Waals surface area contributed by atoms with E-state index >= 15 is 0 Å². The van der Waals surface area contributed by atoms with Gasteiger partial charge in [-0.25, -0.2) is 0 Å². The summed E-state index contributed by atoms with van der Waals surface area (Å²) in [4.78, 5) is 49.2. The fraction of sp³-hybridized carbons (Fsp3) is 0.0500. The molecule has 0 aromatic heterocycles. The third kappa shape index (κ3) is 3.19. The highest BCUT2D eigenvalue weighted by molar-refractivity contribution is 6.32. The Hall–Kier alpha value is -3.78. The predicted octanol–water partition coefficient (Wildman–Crippen LogP) is 3.64. The summed E-state index contributed by atoms with van der Waals surface area (Å²) in [6.45, 7) is -0.529. The van der Waals surface area contributed by atoms with E-state index in [2.05, 4.69) is 5.32 Å². The number of nitro groups is 1. The van der Waals surface area contributed by atoms with Gasteiger partial charge in [-0.1, -0.05) is 35.9 Å². The molecule has 29 heavy (non-hydrogen) atoms. The second-order valence-electron chi connectivity index (χ2n) is 6.38. The van der Waals surface area contributed by atoms with Gasteiger partial charge in [-0.15, -0.1) is 0 Å². The minimum absolute atomic E-state index is 0.0703. The number of hydrogen-bond acceptors (Lipinski definition) is 5. The smallest absolute Gasteiger partial charge is 0.289 e. The van der Waals surface area contributed by atoms with Gasteiger partial charge >= 0.3 is 0 Å². The quantitative estimate of drug-likeness (QED) is 0.402. The summed E-state index contributed by atoms with van der Waals surface area (Å²) < 4.78 is 0. The number of anilines is 1. The van der Waals surface area contributed by atoms with E-state index in [1.165, 1.54) is 12.1 Å². The molecule has 4 rings (SSSR count). The van der Waals surface area contributed by atoms with Crippen molar-refractivity contribution in [3.05, 3.63) is 80.9 Å². The molecule has 0 spiro atoms. The van der Waals surface area contributed by atoms with Gasteiger partial charge in [-0.05, 0) is 29.7 Å². The number of carbonyl (C=O) groups is 3. The Morgan fingerprint density at radius 1 is 1.03 bits per heavy atom. The van der Waals surface area contributed by atoms with Crippen LogP contribution in [-0.2, 0) is 4.79 Å². The minimum atomic E-state index is -0.673. The first-order valence-electron chi connectivity index (χ1n) is 8.48. The molecule has 1 heterocycles.